The Morgan fingerprint density at radius 3 is 2.41 bits per heavy atom. The summed E-state index contributed by atoms with van der Waals surface area (Å²) in [5.74, 6) is -0.324. The van der Waals surface area contributed by atoms with Crippen LogP contribution in [0.15, 0.2) is 18.2 Å². The van der Waals surface area contributed by atoms with Gasteiger partial charge in [0.05, 0.1) is 5.69 Å². The van der Waals surface area contributed by atoms with Gasteiger partial charge in [-0.15, -0.1) is 12.4 Å². The van der Waals surface area contributed by atoms with Gasteiger partial charge in [0.15, 0.2) is 0 Å². The largest absolute Gasteiger partial charge is 0.396 e. The lowest BCUT2D eigenvalue weighted by Gasteiger charge is -2.35. The first-order valence-electron chi connectivity index (χ1n) is 5.73. The molecule has 0 amide bonds. The van der Waals surface area contributed by atoms with Crippen LogP contribution in [-0.2, 0) is 0 Å². The summed E-state index contributed by atoms with van der Waals surface area (Å²) in [5.41, 5.74) is 6.61. The number of likely N-dealkylation sites (N-methyl/N-ethyl adjacent to an activating group) is 1. The van der Waals surface area contributed by atoms with Crippen LogP contribution in [0.2, 0.25) is 0 Å². The van der Waals surface area contributed by atoms with E-state index in [0.717, 1.165) is 38.4 Å². The molecule has 1 aromatic carbocycles. The summed E-state index contributed by atoms with van der Waals surface area (Å²) in [5, 5.41) is 0. The van der Waals surface area contributed by atoms with Gasteiger partial charge in [0.25, 0.3) is 0 Å². The first-order chi connectivity index (χ1) is 7.70. The molecule has 1 aliphatic heterocycles. The van der Waals surface area contributed by atoms with E-state index < -0.39 is 0 Å². The third-order valence-electron chi connectivity index (χ3n) is 3.17. The van der Waals surface area contributed by atoms with Crippen LogP contribution in [0.5, 0.6) is 0 Å². The van der Waals surface area contributed by atoms with Gasteiger partial charge >= 0.3 is 0 Å². The van der Waals surface area contributed by atoms with Crippen LogP contribution >= 0.6 is 12.4 Å². The molecular weight excluding hydrogens is 241 g/mol. The van der Waals surface area contributed by atoms with Crippen LogP contribution in [0.4, 0.5) is 15.8 Å². The Balaban J connectivity index is 0.00000144. The molecule has 1 saturated heterocycles. The molecule has 17 heavy (non-hydrogen) atoms. The second-order valence-corrected chi connectivity index (χ2v) is 4.13. The number of halogens is 2. The second kappa shape index (κ2) is 6.07. The van der Waals surface area contributed by atoms with Crippen molar-refractivity contribution in [3.05, 3.63) is 24.0 Å². The molecule has 0 saturated carbocycles. The van der Waals surface area contributed by atoms with E-state index in [0.29, 0.717) is 0 Å². The van der Waals surface area contributed by atoms with Crippen molar-refractivity contribution < 1.29 is 4.39 Å². The fraction of sp³-hybridized carbons (Fsp3) is 0.500. The van der Waals surface area contributed by atoms with E-state index in [4.69, 9.17) is 5.73 Å². The highest BCUT2D eigenvalue weighted by molar-refractivity contribution is 5.85. The van der Waals surface area contributed by atoms with Crippen LogP contribution in [0.25, 0.3) is 0 Å². The maximum atomic E-state index is 13.3. The fourth-order valence-electron chi connectivity index (χ4n) is 2.04. The smallest absolute Gasteiger partial charge is 0.148 e. The average Bonchev–Trinajstić information content (AvgIpc) is 2.33. The number of hydrogen-bond acceptors (Lipinski definition) is 3. The zero-order valence-electron chi connectivity index (χ0n) is 10.0. The van der Waals surface area contributed by atoms with Crippen molar-refractivity contribution in [2.24, 2.45) is 0 Å². The van der Waals surface area contributed by atoms with Crippen LogP contribution < -0.4 is 10.6 Å². The average molecular weight is 260 g/mol. The standard InChI is InChI=1S/C12H18FN3.ClH/c1-2-15-5-7-16(8-6-15)10-3-4-12(14)11(13)9-10;/h3-4,9H,2,5-8,14H2,1H3;1H. The Morgan fingerprint density at radius 2 is 1.88 bits per heavy atom. The SMILES string of the molecule is CCN1CCN(c2ccc(N)c(F)c2)CC1.Cl. The van der Waals surface area contributed by atoms with Gasteiger partial charge in [-0.05, 0) is 24.7 Å². The quantitative estimate of drug-likeness (QED) is 0.825. The molecule has 1 aliphatic rings. The summed E-state index contributed by atoms with van der Waals surface area (Å²) in [7, 11) is 0. The number of hydrogen-bond donors (Lipinski definition) is 1. The van der Waals surface area contributed by atoms with Gasteiger partial charge < -0.3 is 15.5 Å². The maximum absolute atomic E-state index is 13.3. The molecular formula is C12H19ClFN3. The number of piperazine rings is 1. The molecule has 0 bridgehead atoms. The number of rotatable bonds is 2. The lowest BCUT2D eigenvalue weighted by molar-refractivity contribution is 0.271. The number of nitrogen functional groups attached to an aromatic ring is 1. The van der Waals surface area contributed by atoms with Gasteiger partial charge in [-0.25, -0.2) is 4.39 Å². The van der Waals surface area contributed by atoms with E-state index in [-0.39, 0.29) is 23.9 Å². The summed E-state index contributed by atoms with van der Waals surface area (Å²) in [4.78, 5) is 4.60. The number of nitrogens with zero attached hydrogens (tertiary/aromatic N) is 2. The molecule has 3 nitrogen and oxygen atoms in total. The van der Waals surface area contributed by atoms with Gasteiger partial charge in [0, 0.05) is 31.9 Å². The highest BCUT2D eigenvalue weighted by atomic mass is 35.5. The minimum atomic E-state index is -0.324. The third-order valence-corrected chi connectivity index (χ3v) is 3.17. The number of anilines is 2. The monoisotopic (exact) mass is 259 g/mol. The van der Waals surface area contributed by atoms with Crippen molar-refractivity contribution >= 4 is 23.8 Å². The Kier molecular flexibility index (Phi) is 5.02. The normalized spacial score (nSPS) is 16.7. The molecule has 1 aromatic rings. The highest BCUT2D eigenvalue weighted by Crippen LogP contribution is 2.21. The van der Waals surface area contributed by atoms with Gasteiger partial charge in [-0.2, -0.15) is 0 Å². The summed E-state index contributed by atoms with van der Waals surface area (Å²) in [6, 6.07) is 5.05. The van der Waals surface area contributed by atoms with Crippen molar-refractivity contribution in [1.82, 2.24) is 4.90 Å². The summed E-state index contributed by atoms with van der Waals surface area (Å²) >= 11 is 0. The molecule has 0 radical (unpaired) electrons. The summed E-state index contributed by atoms with van der Waals surface area (Å²) < 4.78 is 13.3. The van der Waals surface area contributed by atoms with E-state index in [1.165, 1.54) is 6.07 Å². The van der Waals surface area contributed by atoms with E-state index in [1.807, 2.05) is 6.07 Å². The van der Waals surface area contributed by atoms with Crippen molar-refractivity contribution in [2.45, 2.75) is 6.92 Å². The Labute approximate surface area is 108 Å². The van der Waals surface area contributed by atoms with Crippen molar-refractivity contribution in [1.29, 1.82) is 0 Å². The predicted molar refractivity (Wildman–Crippen MR) is 72.4 cm³/mol. The molecule has 0 aromatic heterocycles. The molecule has 96 valence electrons. The second-order valence-electron chi connectivity index (χ2n) is 4.13. The third kappa shape index (κ3) is 3.23. The molecule has 2 N–H and O–H groups in total. The number of nitrogens with two attached hydrogens (primary N) is 1. The van der Waals surface area contributed by atoms with Gasteiger partial charge in [0.2, 0.25) is 0 Å². The summed E-state index contributed by atoms with van der Waals surface area (Å²) in [6.45, 7) is 7.25. The van der Waals surface area contributed by atoms with Crippen LogP contribution in [0, 0.1) is 5.82 Å². The maximum Gasteiger partial charge on any atom is 0.148 e. The van der Waals surface area contributed by atoms with E-state index >= 15 is 0 Å². The topological polar surface area (TPSA) is 32.5 Å². The Bertz CT molecular complexity index is 365. The highest BCUT2D eigenvalue weighted by Gasteiger charge is 2.16. The first-order valence-corrected chi connectivity index (χ1v) is 5.73. The van der Waals surface area contributed by atoms with Crippen LogP contribution in [-0.4, -0.2) is 37.6 Å². The van der Waals surface area contributed by atoms with Crippen molar-refractivity contribution in [2.75, 3.05) is 43.4 Å². The molecule has 2 rings (SSSR count). The van der Waals surface area contributed by atoms with E-state index in [2.05, 4.69) is 16.7 Å². The van der Waals surface area contributed by atoms with Gasteiger partial charge in [-0.1, -0.05) is 6.92 Å². The fourth-order valence-corrected chi connectivity index (χ4v) is 2.04. The van der Waals surface area contributed by atoms with Gasteiger partial charge in [0.1, 0.15) is 5.82 Å². The lowest BCUT2D eigenvalue weighted by atomic mass is 10.2. The molecule has 0 spiro atoms. The van der Waals surface area contributed by atoms with E-state index in [1.54, 1.807) is 6.07 Å². The Hall–Kier alpha value is -1.00. The van der Waals surface area contributed by atoms with Crippen molar-refractivity contribution in [3.8, 4) is 0 Å². The number of benzene rings is 1. The first kappa shape index (κ1) is 14.1. The van der Waals surface area contributed by atoms with Crippen LogP contribution in [0.1, 0.15) is 6.92 Å². The molecule has 5 heteroatoms. The molecule has 0 atom stereocenters. The van der Waals surface area contributed by atoms with Gasteiger partial charge in [-0.3, -0.25) is 0 Å². The molecule has 1 fully saturated rings. The van der Waals surface area contributed by atoms with E-state index in [9.17, 15) is 4.39 Å². The zero-order chi connectivity index (χ0) is 11.5. The van der Waals surface area contributed by atoms with Crippen molar-refractivity contribution in [3.63, 3.8) is 0 Å². The minimum Gasteiger partial charge on any atom is -0.396 e. The lowest BCUT2D eigenvalue weighted by Crippen LogP contribution is -2.46. The molecule has 0 aliphatic carbocycles. The van der Waals surface area contributed by atoms with Crippen LogP contribution in [0.3, 0.4) is 0 Å². The molecule has 1 heterocycles. The Morgan fingerprint density at radius 1 is 1.24 bits per heavy atom. The zero-order valence-corrected chi connectivity index (χ0v) is 10.8. The summed E-state index contributed by atoms with van der Waals surface area (Å²) in [6.07, 6.45) is 0. The molecule has 0 unspecified atom stereocenters. The predicted octanol–water partition coefficient (Wildman–Crippen LogP) is 1.97. The minimum absolute atomic E-state index is 0.